The van der Waals surface area contributed by atoms with Crippen LogP contribution in [0, 0.1) is 23.7 Å². The summed E-state index contributed by atoms with van der Waals surface area (Å²) < 4.78 is 0. The number of carbonyl (C=O) groups excluding carboxylic acids is 1. The van der Waals surface area contributed by atoms with Gasteiger partial charge in [-0.3, -0.25) is 10.1 Å². The van der Waals surface area contributed by atoms with E-state index in [0.29, 0.717) is 11.9 Å². The molecule has 5 rings (SSSR count). The minimum Gasteiger partial charge on any atom is -0.317 e. The van der Waals surface area contributed by atoms with Gasteiger partial charge in [0, 0.05) is 10.9 Å². The molecular formula is C16H20N2OS. The second-order valence-electron chi connectivity index (χ2n) is 7.03. The topological polar surface area (TPSA) is 32.3 Å². The van der Waals surface area contributed by atoms with E-state index in [0.717, 1.165) is 23.7 Å². The summed E-state index contributed by atoms with van der Waals surface area (Å²) in [5.74, 6) is 3.81. The van der Waals surface area contributed by atoms with Gasteiger partial charge < -0.3 is 4.90 Å². The van der Waals surface area contributed by atoms with Crippen molar-refractivity contribution in [2.24, 2.45) is 23.7 Å². The van der Waals surface area contributed by atoms with Crippen LogP contribution in [-0.4, -0.2) is 22.9 Å². The Morgan fingerprint density at radius 3 is 2.70 bits per heavy atom. The van der Waals surface area contributed by atoms with Crippen LogP contribution < -0.4 is 5.32 Å². The molecule has 0 spiro atoms. The fourth-order valence-corrected chi connectivity index (χ4v) is 6.16. The van der Waals surface area contributed by atoms with Gasteiger partial charge in [0.05, 0.1) is 6.04 Å². The predicted molar refractivity (Wildman–Crippen MR) is 78.1 cm³/mol. The van der Waals surface area contributed by atoms with E-state index in [2.05, 4.69) is 27.7 Å². The lowest BCUT2D eigenvalue weighted by Crippen LogP contribution is -2.35. The fraction of sp³-hybridized carbons (Fsp3) is 0.688. The molecule has 0 radical (unpaired) electrons. The Morgan fingerprint density at radius 1 is 1.30 bits per heavy atom. The third-order valence-electron chi connectivity index (χ3n) is 6.14. The van der Waals surface area contributed by atoms with Gasteiger partial charge in [0.25, 0.3) is 0 Å². The van der Waals surface area contributed by atoms with Crippen molar-refractivity contribution in [1.29, 1.82) is 0 Å². The van der Waals surface area contributed by atoms with E-state index in [1.165, 1.54) is 24.1 Å². The predicted octanol–water partition coefficient (Wildman–Crippen LogP) is 2.61. The molecule has 1 N–H and O–H groups in total. The van der Waals surface area contributed by atoms with Crippen LogP contribution in [0.5, 0.6) is 0 Å². The Labute approximate surface area is 123 Å². The maximum Gasteiger partial charge on any atom is 0.241 e. The number of carbonyl (C=O) groups is 1. The highest BCUT2D eigenvalue weighted by molar-refractivity contribution is 7.10. The first-order chi connectivity index (χ1) is 9.75. The molecule has 1 aromatic heterocycles. The molecule has 1 aliphatic heterocycles. The first-order valence-electron chi connectivity index (χ1n) is 7.87. The van der Waals surface area contributed by atoms with Gasteiger partial charge in [-0.25, -0.2) is 0 Å². The van der Waals surface area contributed by atoms with Crippen molar-refractivity contribution in [2.45, 2.75) is 44.4 Å². The van der Waals surface area contributed by atoms with Crippen molar-refractivity contribution in [2.75, 3.05) is 0 Å². The van der Waals surface area contributed by atoms with Crippen LogP contribution in [0.1, 0.15) is 37.2 Å². The van der Waals surface area contributed by atoms with Gasteiger partial charge in [0.15, 0.2) is 0 Å². The Balaban J connectivity index is 1.48. The SMILES string of the molecule is CC1NC(c2cccs2)N(C2C3C4CCC(C4)C32)C1=O. The van der Waals surface area contributed by atoms with Gasteiger partial charge in [-0.05, 0) is 61.3 Å². The summed E-state index contributed by atoms with van der Waals surface area (Å²) >= 11 is 1.76. The highest BCUT2D eigenvalue weighted by atomic mass is 32.1. The summed E-state index contributed by atoms with van der Waals surface area (Å²) in [5, 5.41) is 5.61. The minimum absolute atomic E-state index is 0.0268. The first kappa shape index (κ1) is 11.8. The van der Waals surface area contributed by atoms with Gasteiger partial charge in [-0.2, -0.15) is 0 Å². The van der Waals surface area contributed by atoms with E-state index in [1.807, 2.05) is 6.92 Å². The molecule has 20 heavy (non-hydrogen) atoms. The van der Waals surface area contributed by atoms with Gasteiger partial charge >= 0.3 is 0 Å². The van der Waals surface area contributed by atoms with E-state index < -0.39 is 0 Å². The highest BCUT2D eigenvalue weighted by Gasteiger charge is 2.69. The monoisotopic (exact) mass is 288 g/mol. The lowest BCUT2D eigenvalue weighted by molar-refractivity contribution is -0.131. The lowest BCUT2D eigenvalue weighted by atomic mass is 10.0. The molecule has 4 heteroatoms. The summed E-state index contributed by atoms with van der Waals surface area (Å²) in [7, 11) is 0. The summed E-state index contributed by atoms with van der Waals surface area (Å²) in [4.78, 5) is 16.1. The second kappa shape index (κ2) is 3.86. The normalized spacial score (nSPS) is 49.0. The van der Waals surface area contributed by atoms with Crippen LogP contribution in [0.25, 0.3) is 0 Å². The maximum atomic E-state index is 12.6. The molecule has 4 fully saturated rings. The zero-order valence-electron chi connectivity index (χ0n) is 11.7. The van der Waals surface area contributed by atoms with Gasteiger partial charge in [-0.1, -0.05) is 6.07 Å². The van der Waals surface area contributed by atoms with Crippen LogP contribution in [-0.2, 0) is 4.79 Å². The molecule has 0 aromatic carbocycles. The molecule has 3 nitrogen and oxygen atoms in total. The Kier molecular flexibility index (Phi) is 2.27. The van der Waals surface area contributed by atoms with E-state index in [1.54, 1.807) is 11.3 Å². The average molecular weight is 288 g/mol. The number of nitrogens with zero attached hydrogens (tertiary/aromatic N) is 1. The summed E-state index contributed by atoms with van der Waals surface area (Å²) in [6, 6.07) is 4.76. The molecule has 1 saturated heterocycles. The van der Waals surface area contributed by atoms with Crippen molar-refractivity contribution in [3.8, 4) is 0 Å². The van der Waals surface area contributed by atoms with Crippen LogP contribution >= 0.6 is 11.3 Å². The fourth-order valence-electron chi connectivity index (χ4n) is 5.37. The minimum atomic E-state index is -0.0268. The lowest BCUT2D eigenvalue weighted by Gasteiger charge is -2.26. The van der Waals surface area contributed by atoms with E-state index in [4.69, 9.17) is 0 Å². The summed E-state index contributed by atoms with van der Waals surface area (Å²) in [5.41, 5.74) is 0. The standard InChI is InChI=1S/C16H20N2OS/c1-8-16(19)18(15(17-8)11-3-2-6-20-11)14-12-9-4-5-10(7-9)13(12)14/h2-3,6,8-10,12-15,17H,4-5,7H2,1H3. The molecule has 1 aromatic rings. The molecular weight excluding hydrogens is 268 g/mol. The molecule has 6 atom stereocenters. The van der Waals surface area contributed by atoms with Crippen molar-refractivity contribution < 1.29 is 4.79 Å². The Morgan fingerprint density at radius 2 is 2.05 bits per heavy atom. The smallest absolute Gasteiger partial charge is 0.241 e. The van der Waals surface area contributed by atoms with Crippen molar-refractivity contribution in [1.82, 2.24) is 10.2 Å². The van der Waals surface area contributed by atoms with Crippen molar-refractivity contribution in [3.05, 3.63) is 22.4 Å². The van der Waals surface area contributed by atoms with Crippen LogP contribution in [0.4, 0.5) is 0 Å². The number of fused-ring (bicyclic) bond motifs is 5. The zero-order chi connectivity index (χ0) is 13.4. The number of rotatable bonds is 2. The van der Waals surface area contributed by atoms with E-state index in [-0.39, 0.29) is 12.2 Å². The molecule has 4 aliphatic rings. The molecule has 1 amide bonds. The molecule has 2 bridgehead atoms. The number of thiophene rings is 1. The number of nitrogens with one attached hydrogen (secondary N) is 1. The van der Waals surface area contributed by atoms with Gasteiger partial charge in [-0.15, -0.1) is 11.3 Å². The number of amides is 1. The third-order valence-corrected chi connectivity index (χ3v) is 7.06. The Hall–Kier alpha value is -0.870. The van der Waals surface area contributed by atoms with Crippen LogP contribution in [0.2, 0.25) is 0 Å². The van der Waals surface area contributed by atoms with E-state index in [9.17, 15) is 4.79 Å². The van der Waals surface area contributed by atoms with E-state index >= 15 is 0 Å². The molecule has 3 saturated carbocycles. The first-order valence-corrected chi connectivity index (χ1v) is 8.75. The Bertz CT molecular complexity index is 541. The van der Waals surface area contributed by atoms with Gasteiger partial charge in [0.1, 0.15) is 6.17 Å². The van der Waals surface area contributed by atoms with Gasteiger partial charge in [0.2, 0.25) is 5.91 Å². The highest BCUT2D eigenvalue weighted by Crippen LogP contribution is 2.68. The maximum absolute atomic E-state index is 12.6. The van der Waals surface area contributed by atoms with Crippen molar-refractivity contribution >= 4 is 17.2 Å². The third kappa shape index (κ3) is 1.37. The quantitative estimate of drug-likeness (QED) is 0.907. The second-order valence-corrected chi connectivity index (χ2v) is 8.01. The van der Waals surface area contributed by atoms with Crippen molar-refractivity contribution in [3.63, 3.8) is 0 Å². The number of hydrogen-bond acceptors (Lipinski definition) is 3. The van der Waals surface area contributed by atoms with Crippen LogP contribution in [0.3, 0.4) is 0 Å². The zero-order valence-corrected chi connectivity index (χ0v) is 12.5. The summed E-state index contributed by atoms with van der Waals surface area (Å²) in [6.07, 6.45) is 4.40. The molecule has 6 unspecified atom stereocenters. The number of hydrogen-bond donors (Lipinski definition) is 1. The average Bonchev–Trinajstić information content (AvgIpc) is 2.97. The largest absolute Gasteiger partial charge is 0.317 e. The summed E-state index contributed by atoms with van der Waals surface area (Å²) in [6.45, 7) is 2.01. The molecule has 2 heterocycles. The van der Waals surface area contributed by atoms with Crippen LogP contribution in [0.15, 0.2) is 17.5 Å². The molecule has 106 valence electrons. The molecule has 3 aliphatic carbocycles.